The average Bonchev–Trinajstić information content (AvgIpc) is 2.87. The molecule has 7 heteroatoms. The summed E-state index contributed by atoms with van der Waals surface area (Å²) in [6, 6.07) is 18.9. The van der Waals surface area contributed by atoms with Gasteiger partial charge in [0.15, 0.2) is 5.78 Å². The van der Waals surface area contributed by atoms with Crippen LogP contribution in [0.2, 0.25) is 5.02 Å². The van der Waals surface area contributed by atoms with Gasteiger partial charge in [0.2, 0.25) is 0 Å². The molecule has 0 N–H and O–H groups in total. The third-order valence-electron chi connectivity index (χ3n) is 5.54. The topological polar surface area (TPSA) is 48.0 Å². The van der Waals surface area contributed by atoms with Crippen molar-refractivity contribution in [3.8, 4) is 11.5 Å². The number of hydrogen-bond donors (Lipinski definition) is 0. The van der Waals surface area contributed by atoms with E-state index in [2.05, 4.69) is 20.8 Å². The first kappa shape index (κ1) is 24.3. The minimum absolute atomic E-state index is 0.0520. The molecule has 0 atom stereocenters. The van der Waals surface area contributed by atoms with Crippen LogP contribution in [0.5, 0.6) is 11.5 Å². The number of anilines is 1. The van der Waals surface area contributed by atoms with Crippen molar-refractivity contribution in [3.63, 3.8) is 0 Å². The summed E-state index contributed by atoms with van der Waals surface area (Å²) < 4.78 is 17.6. The fourth-order valence-electron chi connectivity index (χ4n) is 3.69. The van der Waals surface area contributed by atoms with E-state index in [1.54, 1.807) is 25.3 Å². The molecule has 176 valence electrons. The predicted molar refractivity (Wildman–Crippen MR) is 139 cm³/mol. The molecule has 3 aromatic rings. The Kier molecular flexibility index (Phi) is 8.27. The summed E-state index contributed by atoms with van der Waals surface area (Å²) in [7, 11) is 1.62. The Morgan fingerprint density at radius 2 is 1.79 bits per heavy atom. The zero-order valence-electron chi connectivity index (χ0n) is 18.8. The second kappa shape index (κ2) is 11.6. The molecule has 0 unspecified atom stereocenters. The van der Waals surface area contributed by atoms with Gasteiger partial charge in [0.1, 0.15) is 18.1 Å². The van der Waals surface area contributed by atoms with Crippen LogP contribution in [-0.2, 0) is 11.3 Å². The van der Waals surface area contributed by atoms with Crippen molar-refractivity contribution >= 4 is 45.1 Å². The first-order valence-corrected chi connectivity index (χ1v) is 12.1. The third kappa shape index (κ3) is 6.20. The molecule has 1 saturated heterocycles. The monoisotopic (exact) mass is 541 g/mol. The molecule has 0 aromatic heterocycles. The van der Waals surface area contributed by atoms with Gasteiger partial charge in [-0.25, -0.2) is 0 Å². The molecule has 0 bridgehead atoms. The second-order valence-corrected chi connectivity index (χ2v) is 9.10. The first-order chi connectivity index (χ1) is 16.5. The van der Waals surface area contributed by atoms with Crippen molar-refractivity contribution in [1.82, 2.24) is 0 Å². The van der Waals surface area contributed by atoms with Gasteiger partial charge < -0.3 is 19.1 Å². The lowest BCUT2D eigenvalue weighted by molar-refractivity contribution is 0.104. The van der Waals surface area contributed by atoms with Crippen molar-refractivity contribution in [2.45, 2.75) is 6.61 Å². The number of hydrogen-bond acceptors (Lipinski definition) is 5. The lowest BCUT2D eigenvalue weighted by Crippen LogP contribution is -2.36. The van der Waals surface area contributed by atoms with Crippen molar-refractivity contribution < 1.29 is 19.0 Å². The van der Waals surface area contributed by atoms with Crippen LogP contribution in [0.1, 0.15) is 21.5 Å². The molecule has 1 aliphatic rings. The molecule has 1 aliphatic heterocycles. The number of morpholine rings is 1. The Hall–Kier alpha value is -2.80. The highest BCUT2D eigenvalue weighted by atomic mass is 79.9. The van der Waals surface area contributed by atoms with E-state index in [1.165, 1.54) is 0 Å². The maximum Gasteiger partial charge on any atom is 0.185 e. The van der Waals surface area contributed by atoms with E-state index < -0.39 is 0 Å². The Labute approximate surface area is 213 Å². The van der Waals surface area contributed by atoms with Crippen molar-refractivity contribution in [1.29, 1.82) is 0 Å². The number of methoxy groups -OCH3 is 1. The summed E-state index contributed by atoms with van der Waals surface area (Å²) >= 11 is 9.64. The molecule has 34 heavy (non-hydrogen) atoms. The largest absolute Gasteiger partial charge is 0.496 e. The molecule has 0 radical (unpaired) electrons. The summed E-state index contributed by atoms with van der Waals surface area (Å²) in [6.45, 7) is 3.47. The number of nitrogens with zero attached hydrogens (tertiary/aromatic N) is 1. The van der Waals surface area contributed by atoms with Gasteiger partial charge in [-0.2, -0.15) is 0 Å². The zero-order chi connectivity index (χ0) is 23.9. The van der Waals surface area contributed by atoms with Gasteiger partial charge in [-0.05, 0) is 66.2 Å². The number of ether oxygens (including phenoxy) is 3. The fourth-order valence-corrected chi connectivity index (χ4v) is 4.42. The van der Waals surface area contributed by atoms with Crippen LogP contribution in [0.25, 0.3) is 6.08 Å². The van der Waals surface area contributed by atoms with Gasteiger partial charge in [0.25, 0.3) is 0 Å². The first-order valence-electron chi connectivity index (χ1n) is 10.9. The number of halogens is 2. The van der Waals surface area contributed by atoms with Gasteiger partial charge in [-0.3, -0.25) is 4.79 Å². The Balaban J connectivity index is 1.43. The van der Waals surface area contributed by atoms with Gasteiger partial charge in [-0.1, -0.05) is 39.7 Å². The molecule has 3 aromatic carbocycles. The molecule has 0 amide bonds. The second-order valence-electron chi connectivity index (χ2n) is 7.78. The van der Waals surface area contributed by atoms with Crippen molar-refractivity contribution in [2.24, 2.45) is 0 Å². The number of benzene rings is 3. The lowest BCUT2D eigenvalue weighted by Gasteiger charge is -2.28. The zero-order valence-corrected chi connectivity index (χ0v) is 21.1. The number of ketones is 1. The normalized spacial score (nSPS) is 13.8. The molecule has 0 saturated carbocycles. The molecular weight excluding hydrogens is 518 g/mol. The van der Waals surface area contributed by atoms with Crippen LogP contribution in [-0.4, -0.2) is 39.2 Å². The number of rotatable bonds is 8. The standard InChI is InChI=1S/C27H25BrClNO4/c1-32-26-10-3-19(16-21(26)18-34-27-11-6-22(28)17-24(27)29)2-9-25(31)20-4-7-23(8-5-20)30-12-14-33-15-13-30/h2-11,16-17H,12-15,18H2,1H3/b9-2+. The number of carbonyl (C=O) groups is 1. The molecule has 1 fully saturated rings. The van der Waals surface area contributed by atoms with E-state index in [4.69, 9.17) is 25.8 Å². The highest BCUT2D eigenvalue weighted by molar-refractivity contribution is 9.10. The summed E-state index contributed by atoms with van der Waals surface area (Å²) in [5, 5.41) is 0.523. The minimum Gasteiger partial charge on any atom is -0.496 e. The van der Waals surface area contributed by atoms with E-state index in [0.29, 0.717) is 22.1 Å². The van der Waals surface area contributed by atoms with Gasteiger partial charge >= 0.3 is 0 Å². The summed E-state index contributed by atoms with van der Waals surface area (Å²) in [5.74, 6) is 1.24. The fraction of sp³-hybridized carbons (Fsp3) is 0.222. The molecule has 0 aliphatic carbocycles. The summed E-state index contributed by atoms with van der Waals surface area (Å²) in [5.41, 5.74) is 3.48. The molecular formula is C27H25BrClNO4. The van der Waals surface area contributed by atoms with Crippen LogP contribution >= 0.6 is 27.5 Å². The van der Waals surface area contributed by atoms with Crippen LogP contribution < -0.4 is 14.4 Å². The van der Waals surface area contributed by atoms with E-state index in [0.717, 1.165) is 47.6 Å². The predicted octanol–water partition coefficient (Wildman–Crippen LogP) is 6.42. The Morgan fingerprint density at radius 3 is 2.50 bits per heavy atom. The molecule has 4 rings (SSSR count). The van der Waals surface area contributed by atoms with Crippen LogP contribution in [0, 0.1) is 0 Å². The maximum atomic E-state index is 12.7. The smallest absolute Gasteiger partial charge is 0.185 e. The van der Waals surface area contributed by atoms with Crippen LogP contribution in [0.3, 0.4) is 0 Å². The van der Waals surface area contributed by atoms with E-state index in [9.17, 15) is 4.79 Å². The molecule has 5 nitrogen and oxygen atoms in total. The van der Waals surface area contributed by atoms with Gasteiger partial charge in [0, 0.05) is 34.4 Å². The summed E-state index contributed by atoms with van der Waals surface area (Å²) in [4.78, 5) is 15.0. The Bertz CT molecular complexity index is 1170. The molecule has 1 heterocycles. The van der Waals surface area contributed by atoms with Crippen LogP contribution in [0.15, 0.2) is 71.2 Å². The molecule has 0 spiro atoms. The highest BCUT2D eigenvalue weighted by Crippen LogP contribution is 2.30. The van der Waals surface area contributed by atoms with Gasteiger partial charge in [-0.15, -0.1) is 0 Å². The van der Waals surface area contributed by atoms with Crippen LogP contribution in [0.4, 0.5) is 5.69 Å². The van der Waals surface area contributed by atoms with E-state index in [-0.39, 0.29) is 12.4 Å². The van der Waals surface area contributed by atoms with Crippen molar-refractivity contribution in [2.75, 3.05) is 38.3 Å². The third-order valence-corrected chi connectivity index (χ3v) is 6.33. The van der Waals surface area contributed by atoms with Crippen molar-refractivity contribution in [3.05, 3.63) is 92.9 Å². The lowest BCUT2D eigenvalue weighted by atomic mass is 10.1. The average molecular weight is 543 g/mol. The maximum absolute atomic E-state index is 12.7. The quantitative estimate of drug-likeness (QED) is 0.243. The Morgan fingerprint density at radius 1 is 1.06 bits per heavy atom. The van der Waals surface area contributed by atoms with E-state index in [1.807, 2.05) is 54.6 Å². The minimum atomic E-state index is -0.0520. The number of allylic oxidation sites excluding steroid dienone is 1. The SMILES string of the molecule is COc1ccc(/C=C/C(=O)c2ccc(N3CCOCC3)cc2)cc1COc1ccc(Br)cc1Cl. The summed E-state index contributed by atoms with van der Waals surface area (Å²) in [6.07, 6.45) is 3.38. The van der Waals surface area contributed by atoms with Gasteiger partial charge in [0.05, 0.1) is 25.3 Å². The van der Waals surface area contributed by atoms with E-state index >= 15 is 0 Å². The highest BCUT2D eigenvalue weighted by Gasteiger charge is 2.12. The number of carbonyl (C=O) groups excluding carboxylic acids is 1.